The highest BCUT2D eigenvalue weighted by molar-refractivity contribution is 6.25. The molecule has 0 rings (SSSR count). The van der Waals surface area contributed by atoms with Gasteiger partial charge >= 0.3 is 0 Å². The van der Waals surface area contributed by atoms with Gasteiger partial charge < -0.3 is 0 Å². The van der Waals surface area contributed by atoms with Gasteiger partial charge in [-0.1, -0.05) is 23.4 Å². The number of hydrogen-bond donors (Lipinski definition) is 0. The summed E-state index contributed by atoms with van der Waals surface area (Å²) in [5.41, 5.74) is 1.35. The van der Waals surface area contributed by atoms with Gasteiger partial charge in [0.1, 0.15) is 0 Å². The van der Waals surface area contributed by atoms with Crippen molar-refractivity contribution in [3.05, 3.63) is 11.6 Å². The maximum absolute atomic E-state index is 5.15. The molecule has 0 saturated heterocycles. The molecule has 0 unspecified atom stereocenters. The van der Waals surface area contributed by atoms with Gasteiger partial charge in [0.2, 0.25) is 0 Å². The Labute approximate surface area is 54.5 Å². The van der Waals surface area contributed by atoms with Crippen LogP contribution in [0.4, 0.5) is 0 Å². The molecule has 0 aliphatic rings. The van der Waals surface area contributed by atoms with Gasteiger partial charge in [0.05, 0.1) is 0 Å². The topological polar surface area (TPSA) is 0 Å². The van der Waals surface area contributed by atoms with Gasteiger partial charge in [-0.2, -0.15) is 0 Å². The molecule has 0 bridgehead atoms. The van der Waals surface area contributed by atoms with Gasteiger partial charge in [0, 0.05) is 11.6 Å². The SMILES string of the molecule is CC#CC#C/C=C/Cl. The van der Waals surface area contributed by atoms with Crippen molar-refractivity contribution in [2.24, 2.45) is 0 Å². The molecule has 0 amide bonds. The predicted molar refractivity (Wildman–Crippen MR) is 36.2 cm³/mol. The summed E-state index contributed by atoms with van der Waals surface area (Å²) < 4.78 is 0. The maximum atomic E-state index is 5.15. The van der Waals surface area contributed by atoms with Crippen molar-refractivity contribution < 1.29 is 0 Å². The van der Waals surface area contributed by atoms with Crippen LogP contribution in [0, 0.1) is 23.7 Å². The van der Waals surface area contributed by atoms with Crippen LogP contribution in [0.3, 0.4) is 0 Å². The molecule has 0 aromatic heterocycles. The molecule has 0 N–H and O–H groups in total. The standard InChI is InChI=1S/C7H5Cl/c1-2-3-4-5-6-7-8/h6-7H,1H3/b7-6+. The number of halogens is 1. The Bertz CT molecular complexity index is 180. The minimum Gasteiger partial charge on any atom is -0.0925 e. The number of allylic oxidation sites excluding steroid dienone is 1. The molecular weight excluding hydrogens is 120 g/mol. The quantitative estimate of drug-likeness (QED) is 0.432. The van der Waals surface area contributed by atoms with Crippen molar-refractivity contribution in [1.29, 1.82) is 0 Å². The number of hydrogen-bond acceptors (Lipinski definition) is 0. The summed E-state index contributed by atoms with van der Waals surface area (Å²) in [6.07, 6.45) is 1.53. The van der Waals surface area contributed by atoms with E-state index in [1.54, 1.807) is 6.92 Å². The molecular formula is C7H5Cl. The van der Waals surface area contributed by atoms with Crippen molar-refractivity contribution in [3.8, 4) is 23.7 Å². The lowest BCUT2D eigenvalue weighted by molar-refractivity contribution is 1.92. The van der Waals surface area contributed by atoms with E-state index in [9.17, 15) is 0 Å². The molecule has 0 aliphatic carbocycles. The highest BCUT2D eigenvalue weighted by Crippen LogP contribution is 1.72. The first kappa shape index (κ1) is 7.15. The molecule has 0 nitrogen and oxygen atoms in total. The second-order valence-corrected chi connectivity index (χ2v) is 1.19. The monoisotopic (exact) mass is 124 g/mol. The highest BCUT2D eigenvalue weighted by Gasteiger charge is 1.51. The fourth-order valence-electron chi connectivity index (χ4n) is 0.172. The van der Waals surface area contributed by atoms with Gasteiger partial charge in [-0.3, -0.25) is 0 Å². The van der Waals surface area contributed by atoms with Crippen LogP contribution in [-0.4, -0.2) is 0 Å². The molecule has 0 radical (unpaired) electrons. The minimum atomic E-state index is 1.35. The lowest BCUT2D eigenvalue weighted by Gasteiger charge is -1.56. The summed E-state index contributed by atoms with van der Waals surface area (Å²) >= 11 is 5.15. The van der Waals surface area contributed by atoms with Gasteiger partial charge in [0.25, 0.3) is 0 Å². The van der Waals surface area contributed by atoms with Gasteiger partial charge in [-0.25, -0.2) is 0 Å². The molecule has 40 valence electrons. The zero-order valence-electron chi connectivity index (χ0n) is 4.53. The maximum Gasteiger partial charge on any atom is 0.0126 e. The average molecular weight is 125 g/mol. The smallest absolute Gasteiger partial charge is 0.0126 e. The van der Waals surface area contributed by atoms with Crippen LogP contribution in [0.5, 0.6) is 0 Å². The summed E-state index contributed by atoms with van der Waals surface area (Å²) in [7, 11) is 0. The molecule has 0 heterocycles. The van der Waals surface area contributed by atoms with E-state index in [1.165, 1.54) is 11.6 Å². The molecule has 1 heteroatoms. The Morgan fingerprint density at radius 3 is 2.62 bits per heavy atom. The summed E-state index contributed by atoms with van der Waals surface area (Å²) in [5.74, 6) is 10.3. The second kappa shape index (κ2) is 6.15. The Morgan fingerprint density at radius 1 is 1.38 bits per heavy atom. The van der Waals surface area contributed by atoms with E-state index in [0.717, 1.165) is 0 Å². The molecule has 0 aromatic carbocycles. The van der Waals surface area contributed by atoms with E-state index in [2.05, 4.69) is 23.7 Å². The van der Waals surface area contributed by atoms with Crippen LogP contribution in [-0.2, 0) is 0 Å². The van der Waals surface area contributed by atoms with Crippen LogP contribution in [0.2, 0.25) is 0 Å². The van der Waals surface area contributed by atoms with Crippen molar-refractivity contribution >= 4 is 11.6 Å². The molecule has 0 atom stereocenters. The molecule has 0 spiro atoms. The van der Waals surface area contributed by atoms with E-state index in [4.69, 9.17) is 11.6 Å². The second-order valence-electron chi connectivity index (χ2n) is 0.937. The van der Waals surface area contributed by atoms with E-state index >= 15 is 0 Å². The molecule has 0 saturated carbocycles. The van der Waals surface area contributed by atoms with Crippen molar-refractivity contribution in [3.63, 3.8) is 0 Å². The normalized spacial score (nSPS) is 6.75. The molecule has 0 fully saturated rings. The summed E-state index contributed by atoms with van der Waals surface area (Å²) in [6.45, 7) is 1.74. The largest absolute Gasteiger partial charge is 0.0925 e. The Morgan fingerprint density at radius 2 is 2.12 bits per heavy atom. The first-order chi connectivity index (χ1) is 3.91. The van der Waals surface area contributed by atoms with Crippen molar-refractivity contribution in [2.75, 3.05) is 0 Å². The molecule has 0 aromatic rings. The third-order valence-electron chi connectivity index (χ3n) is 0.406. The van der Waals surface area contributed by atoms with Gasteiger partial charge in [0.15, 0.2) is 0 Å². The van der Waals surface area contributed by atoms with E-state index in [-0.39, 0.29) is 0 Å². The lowest BCUT2D eigenvalue weighted by Crippen LogP contribution is -1.46. The fraction of sp³-hybridized carbons (Fsp3) is 0.143. The highest BCUT2D eigenvalue weighted by atomic mass is 35.5. The molecule has 0 aliphatic heterocycles. The Hall–Kier alpha value is -0.850. The minimum absolute atomic E-state index is 1.35. The van der Waals surface area contributed by atoms with Gasteiger partial charge in [-0.15, -0.1) is 0 Å². The summed E-state index contributed by atoms with van der Waals surface area (Å²) in [5, 5.41) is 0. The third kappa shape index (κ3) is 5.15. The van der Waals surface area contributed by atoms with E-state index in [1.807, 2.05) is 0 Å². The third-order valence-corrected chi connectivity index (χ3v) is 0.532. The Kier molecular flexibility index (Phi) is 5.50. The van der Waals surface area contributed by atoms with Crippen LogP contribution >= 0.6 is 11.6 Å². The van der Waals surface area contributed by atoms with Crippen LogP contribution in [0.1, 0.15) is 6.92 Å². The lowest BCUT2D eigenvalue weighted by atomic mass is 10.5. The summed E-state index contributed by atoms with van der Waals surface area (Å²) in [4.78, 5) is 0. The first-order valence-electron chi connectivity index (χ1n) is 2.09. The van der Waals surface area contributed by atoms with Crippen LogP contribution in [0.15, 0.2) is 11.6 Å². The zero-order chi connectivity index (χ0) is 6.24. The van der Waals surface area contributed by atoms with Crippen molar-refractivity contribution in [1.82, 2.24) is 0 Å². The Balaban J connectivity index is 3.63. The van der Waals surface area contributed by atoms with E-state index in [0.29, 0.717) is 0 Å². The molecule has 8 heavy (non-hydrogen) atoms. The van der Waals surface area contributed by atoms with Gasteiger partial charge in [-0.05, 0) is 18.8 Å². The predicted octanol–water partition coefficient (Wildman–Crippen LogP) is 1.77. The van der Waals surface area contributed by atoms with E-state index < -0.39 is 0 Å². The van der Waals surface area contributed by atoms with Crippen LogP contribution in [0.25, 0.3) is 0 Å². The first-order valence-corrected chi connectivity index (χ1v) is 2.53. The van der Waals surface area contributed by atoms with Crippen molar-refractivity contribution in [2.45, 2.75) is 6.92 Å². The fourth-order valence-corrected chi connectivity index (χ4v) is 0.235. The van der Waals surface area contributed by atoms with Crippen LogP contribution < -0.4 is 0 Å². The number of rotatable bonds is 0. The summed E-state index contributed by atoms with van der Waals surface area (Å²) in [6, 6.07) is 0. The zero-order valence-corrected chi connectivity index (χ0v) is 5.29. The average Bonchev–Trinajstić information content (AvgIpc) is 1.81.